The molecule has 2 aliphatic heterocycles. The van der Waals surface area contributed by atoms with Crippen molar-refractivity contribution in [2.45, 2.75) is 36.9 Å². The minimum absolute atomic E-state index is 0.280. The van der Waals surface area contributed by atoms with Crippen LogP contribution in [0.15, 0.2) is 12.7 Å². The number of anilines is 1. The molecule has 4 atom stereocenters. The third-order valence-electron chi connectivity index (χ3n) is 4.48. The maximum atomic E-state index is 10.5. The number of fused-ring (bicyclic) bond motifs is 1. The van der Waals surface area contributed by atoms with Crippen molar-refractivity contribution in [1.82, 2.24) is 19.5 Å². The third-order valence-corrected chi connectivity index (χ3v) is 4.48. The summed E-state index contributed by atoms with van der Waals surface area (Å²) in [5.74, 6) is 0.280. The van der Waals surface area contributed by atoms with E-state index in [9.17, 15) is 10.2 Å². The van der Waals surface area contributed by atoms with Crippen molar-refractivity contribution >= 4 is 17.0 Å². The van der Waals surface area contributed by atoms with E-state index >= 15 is 0 Å². The quantitative estimate of drug-likeness (QED) is 0.658. The lowest BCUT2D eigenvalue weighted by molar-refractivity contribution is -0.119. The first kappa shape index (κ1) is 13.8. The number of hydrogen-bond donors (Lipinski definition) is 3. The number of nitrogens with two attached hydrogens (primary N) is 1. The van der Waals surface area contributed by atoms with Crippen LogP contribution in [0.1, 0.15) is 19.1 Å². The number of nitrogen functional groups attached to an aromatic ring is 1. The smallest absolute Gasteiger partial charge is 0.168 e. The van der Waals surface area contributed by atoms with Crippen LogP contribution in [0, 0.1) is 0 Å². The van der Waals surface area contributed by atoms with E-state index in [0.717, 1.165) is 6.42 Å². The predicted molar refractivity (Wildman–Crippen MR) is 74.7 cm³/mol. The Morgan fingerprint density at radius 3 is 3.00 bits per heavy atom. The van der Waals surface area contributed by atoms with Gasteiger partial charge in [-0.1, -0.05) is 0 Å². The number of ether oxygens (including phenoxy) is 2. The highest BCUT2D eigenvalue weighted by atomic mass is 16.6. The predicted octanol–water partition coefficient (Wildman–Crippen LogP) is -0.792. The van der Waals surface area contributed by atoms with E-state index in [0.29, 0.717) is 24.2 Å². The van der Waals surface area contributed by atoms with Crippen LogP contribution in [-0.4, -0.2) is 60.8 Å². The van der Waals surface area contributed by atoms with Gasteiger partial charge in [-0.25, -0.2) is 15.0 Å². The van der Waals surface area contributed by atoms with E-state index < -0.39 is 24.0 Å². The van der Waals surface area contributed by atoms with Crippen LogP contribution in [-0.2, 0) is 9.47 Å². The zero-order valence-corrected chi connectivity index (χ0v) is 11.8. The van der Waals surface area contributed by atoms with Crippen LogP contribution in [0.3, 0.4) is 0 Å². The second kappa shape index (κ2) is 4.85. The van der Waals surface area contributed by atoms with Crippen LogP contribution in [0.5, 0.6) is 0 Å². The summed E-state index contributed by atoms with van der Waals surface area (Å²) in [6.07, 6.45) is 2.11. The Morgan fingerprint density at radius 2 is 2.27 bits per heavy atom. The van der Waals surface area contributed by atoms with Crippen molar-refractivity contribution in [3.63, 3.8) is 0 Å². The molecule has 4 rings (SSSR count). The van der Waals surface area contributed by atoms with Gasteiger partial charge in [0.2, 0.25) is 0 Å². The van der Waals surface area contributed by atoms with E-state index in [4.69, 9.17) is 15.2 Å². The summed E-state index contributed by atoms with van der Waals surface area (Å²) in [6.45, 7) is 0.255. The molecule has 4 N–H and O–H groups in total. The highest BCUT2D eigenvalue weighted by Gasteiger charge is 2.59. The molecular weight excluding hydrogens is 290 g/mol. The van der Waals surface area contributed by atoms with Crippen molar-refractivity contribution in [2.75, 3.05) is 18.9 Å². The second-order valence-electron chi connectivity index (χ2n) is 5.64. The molecule has 118 valence electrons. The van der Waals surface area contributed by atoms with Crippen molar-refractivity contribution in [3.05, 3.63) is 12.7 Å². The molecule has 2 aliphatic rings. The molecule has 0 aliphatic carbocycles. The lowest BCUT2D eigenvalue weighted by Gasteiger charge is -2.31. The van der Waals surface area contributed by atoms with E-state index in [2.05, 4.69) is 15.0 Å². The molecule has 22 heavy (non-hydrogen) atoms. The summed E-state index contributed by atoms with van der Waals surface area (Å²) in [7, 11) is 0. The van der Waals surface area contributed by atoms with Gasteiger partial charge in [0.15, 0.2) is 17.7 Å². The van der Waals surface area contributed by atoms with Gasteiger partial charge in [0.05, 0.1) is 12.9 Å². The van der Waals surface area contributed by atoms with Crippen molar-refractivity contribution in [2.24, 2.45) is 0 Å². The van der Waals surface area contributed by atoms with Gasteiger partial charge in [0, 0.05) is 6.61 Å². The van der Waals surface area contributed by atoms with Crippen LogP contribution in [0.2, 0.25) is 0 Å². The lowest BCUT2D eigenvalue weighted by atomic mass is 9.91. The van der Waals surface area contributed by atoms with Gasteiger partial charge >= 0.3 is 0 Å². The molecule has 2 fully saturated rings. The Balaban J connectivity index is 1.84. The Bertz CT molecular complexity index is 699. The van der Waals surface area contributed by atoms with E-state index in [1.54, 1.807) is 10.9 Å². The molecule has 0 unspecified atom stereocenters. The van der Waals surface area contributed by atoms with Gasteiger partial charge in [0.1, 0.15) is 29.7 Å². The molecule has 9 nitrogen and oxygen atoms in total. The van der Waals surface area contributed by atoms with Crippen LogP contribution >= 0.6 is 0 Å². The summed E-state index contributed by atoms with van der Waals surface area (Å²) in [4.78, 5) is 12.3. The maximum Gasteiger partial charge on any atom is 0.168 e. The Labute approximate surface area is 125 Å². The Kier molecular flexibility index (Phi) is 3.05. The minimum Gasteiger partial charge on any atom is -0.394 e. The zero-order valence-electron chi connectivity index (χ0n) is 11.8. The number of aliphatic hydroxyl groups is 2. The van der Waals surface area contributed by atoms with Gasteiger partial charge in [0.25, 0.3) is 0 Å². The van der Waals surface area contributed by atoms with Gasteiger partial charge < -0.3 is 25.4 Å². The van der Waals surface area contributed by atoms with Gasteiger partial charge in [-0.15, -0.1) is 0 Å². The summed E-state index contributed by atoms with van der Waals surface area (Å²) in [5.41, 5.74) is 5.89. The number of hydrogen-bond acceptors (Lipinski definition) is 8. The fourth-order valence-corrected chi connectivity index (χ4v) is 3.41. The molecule has 2 aromatic rings. The molecule has 0 amide bonds. The minimum atomic E-state index is -0.915. The standard InChI is InChI=1S/C13H17N5O4/c14-10-8-11(16-5-15-10)18(6-17-8)12-13(2-1-3-21-13)9(20)7(4-19)22-12/h5-7,9,12,19-20H,1-4H2,(H2,14,15,16)/t7-,9-,12-,13+/m1/s1. The zero-order chi connectivity index (χ0) is 15.3. The van der Waals surface area contributed by atoms with E-state index in [1.807, 2.05) is 0 Å². The molecular formula is C13H17N5O4. The molecule has 0 saturated carbocycles. The fourth-order valence-electron chi connectivity index (χ4n) is 3.41. The number of imidazole rings is 1. The molecule has 2 aromatic heterocycles. The van der Waals surface area contributed by atoms with Crippen molar-refractivity contribution in [3.8, 4) is 0 Å². The normalized spacial score (nSPS) is 34.9. The number of aromatic nitrogens is 4. The van der Waals surface area contributed by atoms with Crippen molar-refractivity contribution < 1.29 is 19.7 Å². The highest BCUT2D eigenvalue weighted by Crippen LogP contribution is 2.47. The highest BCUT2D eigenvalue weighted by molar-refractivity contribution is 5.81. The average molecular weight is 307 g/mol. The Hall–Kier alpha value is -1.81. The van der Waals surface area contributed by atoms with Crippen LogP contribution in [0.4, 0.5) is 5.82 Å². The summed E-state index contributed by atoms with van der Waals surface area (Å²) >= 11 is 0. The molecule has 9 heteroatoms. The second-order valence-corrected chi connectivity index (χ2v) is 5.64. The van der Waals surface area contributed by atoms with E-state index in [-0.39, 0.29) is 12.4 Å². The monoisotopic (exact) mass is 307 g/mol. The van der Waals surface area contributed by atoms with E-state index in [1.165, 1.54) is 6.33 Å². The van der Waals surface area contributed by atoms with Crippen LogP contribution in [0.25, 0.3) is 11.2 Å². The first-order valence-electron chi connectivity index (χ1n) is 7.19. The summed E-state index contributed by atoms with van der Waals surface area (Å²) in [6, 6.07) is 0. The van der Waals surface area contributed by atoms with Gasteiger partial charge in [-0.05, 0) is 12.8 Å². The lowest BCUT2D eigenvalue weighted by Crippen LogP contribution is -2.46. The van der Waals surface area contributed by atoms with Gasteiger partial charge in [-0.2, -0.15) is 0 Å². The molecule has 0 radical (unpaired) electrons. The van der Waals surface area contributed by atoms with Crippen molar-refractivity contribution in [1.29, 1.82) is 0 Å². The summed E-state index contributed by atoms with van der Waals surface area (Å²) in [5, 5.41) is 20.0. The molecule has 1 spiro atoms. The maximum absolute atomic E-state index is 10.5. The molecule has 0 bridgehead atoms. The molecule has 0 aromatic carbocycles. The molecule has 4 heterocycles. The average Bonchev–Trinajstić information content (AvgIpc) is 3.21. The molecule has 2 saturated heterocycles. The first-order valence-corrected chi connectivity index (χ1v) is 7.19. The topological polar surface area (TPSA) is 129 Å². The SMILES string of the molecule is Nc1ncnc2c1ncn2[C@@H]1O[C@H](CO)[C@@H](O)[C@@]12CCCO2. The largest absolute Gasteiger partial charge is 0.394 e. The fraction of sp³-hybridized carbons (Fsp3) is 0.615. The third kappa shape index (κ3) is 1.70. The first-order chi connectivity index (χ1) is 10.7. The van der Waals surface area contributed by atoms with Gasteiger partial charge in [-0.3, -0.25) is 4.57 Å². The Morgan fingerprint density at radius 1 is 1.41 bits per heavy atom. The number of nitrogens with zero attached hydrogens (tertiary/aromatic N) is 4. The number of aliphatic hydroxyl groups excluding tert-OH is 2. The summed E-state index contributed by atoms with van der Waals surface area (Å²) < 4.78 is 13.4. The van der Waals surface area contributed by atoms with Crippen LogP contribution < -0.4 is 5.73 Å². The number of rotatable bonds is 2.